The lowest BCUT2D eigenvalue weighted by Crippen LogP contribution is -2.23. The van der Waals surface area contributed by atoms with Gasteiger partial charge in [0.25, 0.3) is 5.91 Å². The van der Waals surface area contributed by atoms with Crippen LogP contribution in [0.4, 0.5) is 5.69 Å². The maximum Gasteiger partial charge on any atom is 0.251 e. The number of ether oxygens (including phenoxy) is 1. The molecular formula is C22H24IN5O3S. The Morgan fingerprint density at radius 1 is 1.19 bits per heavy atom. The van der Waals surface area contributed by atoms with E-state index >= 15 is 0 Å². The number of thioether (sulfide) groups is 1. The summed E-state index contributed by atoms with van der Waals surface area (Å²) in [5.41, 5.74) is 2.44. The molecule has 32 heavy (non-hydrogen) atoms. The van der Waals surface area contributed by atoms with Gasteiger partial charge in [0, 0.05) is 14.8 Å². The van der Waals surface area contributed by atoms with Crippen molar-refractivity contribution in [2.24, 2.45) is 0 Å². The number of H-pyrrole nitrogens is 1. The lowest BCUT2D eigenvalue weighted by Gasteiger charge is -2.14. The topological polar surface area (TPSA) is 109 Å². The molecule has 0 saturated carbocycles. The normalized spacial score (nSPS) is 10.8. The molecule has 10 heteroatoms. The molecule has 168 valence electrons. The molecule has 3 rings (SSSR count). The number of hydrogen-bond acceptors (Lipinski definition) is 6. The van der Waals surface area contributed by atoms with E-state index < -0.39 is 0 Å². The highest BCUT2D eigenvalue weighted by atomic mass is 127. The number of aromatic amines is 1. The second-order valence-corrected chi connectivity index (χ2v) is 9.39. The summed E-state index contributed by atoms with van der Waals surface area (Å²) < 4.78 is 6.22. The molecule has 3 N–H and O–H groups in total. The predicted octanol–water partition coefficient (Wildman–Crippen LogP) is 4.20. The van der Waals surface area contributed by atoms with Crippen LogP contribution in [0.1, 0.15) is 41.5 Å². The van der Waals surface area contributed by atoms with Crippen LogP contribution < -0.4 is 15.4 Å². The highest BCUT2D eigenvalue weighted by Gasteiger charge is 2.13. The average Bonchev–Trinajstić information content (AvgIpc) is 3.25. The number of rotatable bonds is 9. The minimum Gasteiger partial charge on any atom is -0.497 e. The molecule has 0 aliphatic carbocycles. The van der Waals surface area contributed by atoms with Crippen molar-refractivity contribution < 1.29 is 14.3 Å². The molecule has 0 bridgehead atoms. The van der Waals surface area contributed by atoms with Crippen LogP contribution in [0.5, 0.6) is 5.75 Å². The quantitative estimate of drug-likeness (QED) is 0.265. The van der Waals surface area contributed by atoms with Crippen molar-refractivity contribution in [1.82, 2.24) is 20.5 Å². The van der Waals surface area contributed by atoms with E-state index in [-0.39, 0.29) is 24.1 Å². The van der Waals surface area contributed by atoms with Gasteiger partial charge in [-0.2, -0.15) is 0 Å². The molecular weight excluding hydrogens is 541 g/mol. The lowest BCUT2D eigenvalue weighted by atomic mass is 10.0. The van der Waals surface area contributed by atoms with Gasteiger partial charge in [-0.25, -0.2) is 4.98 Å². The van der Waals surface area contributed by atoms with Crippen LogP contribution in [0.3, 0.4) is 0 Å². The minimum absolute atomic E-state index is 0.128. The summed E-state index contributed by atoms with van der Waals surface area (Å²) in [6.07, 6.45) is 0. The van der Waals surface area contributed by atoms with Gasteiger partial charge in [-0.05, 0) is 76.5 Å². The number of nitrogens with one attached hydrogen (secondary N) is 3. The second kappa shape index (κ2) is 11.3. The summed E-state index contributed by atoms with van der Waals surface area (Å²) >= 11 is 3.49. The van der Waals surface area contributed by atoms with E-state index in [1.807, 2.05) is 12.1 Å². The van der Waals surface area contributed by atoms with Gasteiger partial charge in [-0.3, -0.25) is 14.7 Å². The largest absolute Gasteiger partial charge is 0.497 e. The maximum atomic E-state index is 12.4. The Hall–Kier alpha value is -2.60. The zero-order valence-corrected chi connectivity index (χ0v) is 20.9. The number of halogens is 1. The van der Waals surface area contributed by atoms with Gasteiger partial charge < -0.3 is 15.4 Å². The van der Waals surface area contributed by atoms with Crippen molar-refractivity contribution in [2.45, 2.75) is 31.5 Å². The first-order valence-electron chi connectivity index (χ1n) is 9.91. The van der Waals surface area contributed by atoms with Gasteiger partial charge in [-0.1, -0.05) is 25.6 Å². The molecule has 0 saturated heterocycles. The molecule has 1 heterocycles. The van der Waals surface area contributed by atoms with E-state index in [0.29, 0.717) is 28.2 Å². The molecule has 0 spiro atoms. The summed E-state index contributed by atoms with van der Waals surface area (Å²) in [6, 6.07) is 12.8. The van der Waals surface area contributed by atoms with Gasteiger partial charge in [0.05, 0.1) is 19.4 Å². The number of hydrogen-bond donors (Lipinski definition) is 3. The first-order chi connectivity index (χ1) is 15.4. The number of carbonyl (C=O) groups is 2. The van der Waals surface area contributed by atoms with Crippen LogP contribution in [0.2, 0.25) is 0 Å². The van der Waals surface area contributed by atoms with Crippen molar-refractivity contribution in [1.29, 1.82) is 0 Å². The van der Waals surface area contributed by atoms with Crippen LogP contribution >= 0.6 is 34.4 Å². The number of amides is 2. The molecule has 0 unspecified atom stereocenters. The minimum atomic E-state index is -0.226. The van der Waals surface area contributed by atoms with E-state index in [9.17, 15) is 9.59 Å². The molecule has 0 aliphatic rings. The van der Waals surface area contributed by atoms with Crippen molar-refractivity contribution in [3.8, 4) is 5.75 Å². The number of carbonyl (C=O) groups excluding carboxylic acids is 2. The molecule has 0 atom stereocenters. The van der Waals surface area contributed by atoms with Gasteiger partial charge in [0.1, 0.15) is 11.6 Å². The van der Waals surface area contributed by atoms with Crippen LogP contribution in [0.15, 0.2) is 47.6 Å². The summed E-state index contributed by atoms with van der Waals surface area (Å²) in [6.45, 7) is 4.39. The molecule has 0 aliphatic heterocycles. The lowest BCUT2D eigenvalue weighted by molar-refractivity contribution is -0.113. The number of anilines is 1. The smallest absolute Gasteiger partial charge is 0.251 e. The summed E-state index contributed by atoms with van der Waals surface area (Å²) in [4.78, 5) is 29.0. The van der Waals surface area contributed by atoms with Gasteiger partial charge in [0.2, 0.25) is 11.1 Å². The first-order valence-corrected chi connectivity index (χ1v) is 12.0. The van der Waals surface area contributed by atoms with Crippen LogP contribution in [0, 0.1) is 3.57 Å². The summed E-state index contributed by atoms with van der Waals surface area (Å²) in [5, 5.41) is 13.1. The van der Waals surface area contributed by atoms with E-state index in [4.69, 9.17) is 4.74 Å². The van der Waals surface area contributed by atoms with Gasteiger partial charge in [-0.15, -0.1) is 5.10 Å². The highest BCUT2D eigenvalue weighted by Crippen LogP contribution is 2.26. The fourth-order valence-corrected chi connectivity index (χ4v) is 4.00. The van der Waals surface area contributed by atoms with Gasteiger partial charge in [0.15, 0.2) is 0 Å². The second-order valence-electron chi connectivity index (χ2n) is 7.20. The molecule has 0 radical (unpaired) electrons. The van der Waals surface area contributed by atoms with Crippen LogP contribution in [-0.2, 0) is 11.3 Å². The Kier molecular flexibility index (Phi) is 8.51. The van der Waals surface area contributed by atoms with Gasteiger partial charge >= 0.3 is 0 Å². The third-order valence-electron chi connectivity index (χ3n) is 4.52. The first kappa shape index (κ1) is 24.1. The Morgan fingerprint density at radius 2 is 1.94 bits per heavy atom. The maximum absolute atomic E-state index is 12.4. The average molecular weight is 565 g/mol. The molecule has 0 fully saturated rings. The summed E-state index contributed by atoms with van der Waals surface area (Å²) in [7, 11) is 1.57. The SMILES string of the molecule is COc1ccc(C(=O)NCc2nc(SCC(=O)Nc3ccc(I)cc3C(C)C)n[nH]2)cc1. The molecule has 8 nitrogen and oxygen atoms in total. The van der Waals surface area contributed by atoms with E-state index in [1.54, 1.807) is 31.4 Å². The van der Waals surface area contributed by atoms with E-state index in [0.717, 1.165) is 14.8 Å². The fourth-order valence-electron chi connectivity index (χ4n) is 2.87. The molecule has 1 aromatic heterocycles. The third kappa shape index (κ3) is 6.70. The molecule has 2 amide bonds. The zero-order valence-electron chi connectivity index (χ0n) is 17.9. The molecule has 2 aromatic carbocycles. The number of nitrogens with zero attached hydrogens (tertiary/aromatic N) is 2. The van der Waals surface area contributed by atoms with E-state index in [2.05, 4.69) is 68.3 Å². The van der Waals surface area contributed by atoms with Crippen LogP contribution in [-0.4, -0.2) is 39.9 Å². The van der Waals surface area contributed by atoms with Crippen LogP contribution in [0.25, 0.3) is 0 Å². The number of methoxy groups -OCH3 is 1. The molecule has 3 aromatic rings. The highest BCUT2D eigenvalue weighted by molar-refractivity contribution is 14.1. The number of aromatic nitrogens is 3. The standard InChI is InChI=1S/C22H24IN5O3S/c1-13(2)17-10-15(23)6-9-18(17)25-20(29)12-32-22-26-19(27-28-22)11-24-21(30)14-4-7-16(31-3)8-5-14/h4-10,13H,11-12H2,1-3H3,(H,24,30)(H,25,29)(H,26,27,28). The van der Waals surface area contributed by atoms with E-state index in [1.165, 1.54) is 11.8 Å². The van der Waals surface area contributed by atoms with Crippen molar-refractivity contribution >= 4 is 51.9 Å². The Labute approximate surface area is 204 Å². The third-order valence-corrected chi connectivity index (χ3v) is 6.04. The zero-order chi connectivity index (χ0) is 23.1. The fraction of sp³-hybridized carbons (Fsp3) is 0.273. The summed E-state index contributed by atoms with van der Waals surface area (Å²) in [5.74, 6) is 1.32. The monoisotopic (exact) mass is 565 g/mol. The van der Waals surface area contributed by atoms with Crippen molar-refractivity contribution in [3.63, 3.8) is 0 Å². The Bertz CT molecular complexity index is 1090. The predicted molar refractivity (Wildman–Crippen MR) is 133 cm³/mol. The van der Waals surface area contributed by atoms with Crippen molar-refractivity contribution in [2.75, 3.05) is 18.2 Å². The Balaban J connectivity index is 1.49. The Morgan fingerprint density at radius 3 is 2.62 bits per heavy atom. The van der Waals surface area contributed by atoms with Crippen molar-refractivity contribution in [3.05, 3.63) is 63.0 Å². The number of benzene rings is 2.